The van der Waals surface area contributed by atoms with Crippen molar-refractivity contribution in [1.29, 1.82) is 0 Å². The van der Waals surface area contributed by atoms with Crippen LogP contribution >= 0.6 is 11.3 Å². The van der Waals surface area contributed by atoms with Crippen molar-refractivity contribution < 1.29 is 9.53 Å². The van der Waals surface area contributed by atoms with Crippen LogP contribution in [0.1, 0.15) is 54.3 Å². The maximum Gasteiger partial charge on any atom is 0.195 e. The molecule has 0 aromatic carbocycles. The number of thiophene rings is 1. The Bertz CT molecular complexity index is 383. The van der Waals surface area contributed by atoms with Crippen LogP contribution in [0.4, 0.5) is 0 Å². The number of rotatable bonds is 4. The molecule has 0 N–H and O–H groups in total. The number of carbonyl (C=O) groups excluding carboxylic acids is 1. The van der Waals surface area contributed by atoms with E-state index in [0.717, 1.165) is 31.2 Å². The van der Waals surface area contributed by atoms with Crippen LogP contribution in [0.3, 0.4) is 0 Å². The SMILES string of the molecule is CCOC1(C(=O)c2csc(C)c2)CCCCC1. The Morgan fingerprint density at radius 2 is 2.12 bits per heavy atom. The summed E-state index contributed by atoms with van der Waals surface area (Å²) in [6.07, 6.45) is 5.21. The molecule has 0 spiro atoms. The first-order chi connectivity index (χ1) is 8.18. The van der Waals surface area contributed by atoms with Gasteiger partial charge in [0.05, 0.1) is 0 Å². The number of ketones is 1. The van der Waals surface area contributed by atoms with Gasteiger partial charge in [0.15, 0.2) is 5.78 Å². The van der Waals surface area contributed by atoms with Gasteiger partial charge in [-0.2, -0.15) is 0 Å². The highest BCUT2D eigenvalue weighted by atomic mass is 32.1. The third-order valence-electron chi connectivity index (χ3n) is 3.49. The van der Waals surface area contributed by atoms with Crippen LogP contribution in [-0.2, 0) is 4.74 Å². The number of aryl methyl sites for hydroxylation is 1. The van der Waals surface area contributed by atoms with E-state index in [1.807, 2.05) is 25.3 Å². The van der Waals surface area contributed by atoms with Crippen LogP contribution in [0.25, 0.3) is 0 Å². The summed E-state index contributed by atoms with van der Waals surface area (Å²) >= 11 is 1.64. The van der Waals surface area contributed by atoms with Gasteiger partial charge in [-0.05, 0) is 32.8 Å². The molecule has 0 saturated heterocycles. The van der Waals surface area contributed by atoms with Crippen molar-refractivity contribution in [3.05, 3.63) is 21.9 Å². The molecule has 1 aromatic heterocycles. The second-order valence-electron chi connectivity index (χ2n) is 4.76. The van der Waals surface area contributed by atoms with Crippen LogP contribution in [0.5, 0.6) is 0 Å². The van der Waals surface area contributed by atoms with E-state index in [2.05, 4.69) is 0 Å². The van der Waals surface area contributed by atoms with Gasteiger partial charge in [-0.3, -0.25) is 4.79 Å². The summed E-state index contributed by atoms with van der Waals surface area (Å²) in [5.74, 6) is 0.198. The van der Waals surface area contributed by atoms with Gasteiger partial charge in [0.25, 0.3) is 0 Å². The molecule has 1 heterocycles. The van der Waals surface area contributed by atoms with Gasteiger partial charge >= 0.3 is 0 Å². The minimum Gasteiger partial charge on any atom is -0.367 e. The summed E-state index contributed by atoms with van der Waals surface area (Å²) in [6, 6.07) is 1.99. The quantitative estimate of drug-likeness (QED) is 0.758. The summed E-state index contributed by atoms with van der Waals surface area (Å²) in [6.45, 7) is 4.63. The molecule has 2 nitrogen and oxygen atoms in total. The fraction of sp³-hybridized carbons (Fsp3) is 0.643. The molecule has 1 aliphatic carbocycles. The number of hydrogen-bond acceptors (Lipinski definition) is 3. The second kappa shape index (κ2) is 5.32. The topological polar surface area (TPSA) is 26.3 Å². The smallest absolute Gasteiger partial charge is 0.195 e. The lowest BCUT2D eigenvalue weighted by molar-refractivity contribution is -0.0410. The van der Waals surface area contributed by atoms with Crippen molar-refractivity contribution in [1.82, 2.24) is 0 Å². The zero-order chi connectivity index (χ0) is 12.3. The second-order valence-corrected chi connectivity index (χ2v) is 5.88. The Kier molecular flexibility index (Phi) is 4.00. The molecule has 0 atom stereocenters. The standard InChI is InChI=1S/C14H20O2S/c1-3-16-14(7-5-4-6-8-14)13(15)12-9-11(2)17-10-12/h9-10H,3-8H2,1-2H3. The van der Waals surface area contributed by atoms with Crippen LogP contribution < -0.4 is 0 Å². The van der Waals surface area contributed by atoms with Crippen LogP contribution in [0.2, 0.25) is 0 Å². The minimum absolute atomic E-state index is 0.198. The van der Waals surface area contributed by atoms with Gasteiger partial charge in [0.2, 0.25) is 0 Å². The molecule has 17 heavy (non-hydrogen) atoms. The Hall–Kier alpha value is -0.670. The molecule has 0 amide bonds. The van der Waals surface area contributed by atoms with Crippen molar-refractivity contribution in [3.63, 3.8) is 0 Å². The lowest BCUT2D eigenvalue weighted by Crippen LogP contribution is -2.43. The monoisotopic (exact) mass is 252 g/mol. The van der Waals surface area contributed by atoms with Crippen molar-refractivity contribution in [2.75, 3.05) is 6.61 Å². The van der Waals surface area contributed by atoms with E-state index in [0.29, 0.717) is 6.61 Å². The molecule has 1 aliphatic rings. The maximum absolute atomic E-state index is 12.6. The fourth-order valence-corrected chi connectivity index (χ4v) is 3.34. The van der Waals surface area contributed by atoms with E-state index in [-0.39, 0.29) is 5.78 Å². The predicted molar refractivity (Wildman–Crippen MR) is 70.8 cm³/mol. The van der Waals surface area contributed by atoms with E-state index < -0.39 is 5.60 Å². The van der Waals surface area contributed by atoms with Gasteiger partial charge in [0.1, 0.15) is 5.60 Å². The van der Waals surface area contributed by atoms with Gasteiger partial charge in [-0.15, -0.1) is 11.3 Å². The van der Waals surface area contributed by atoms with Crippen molar-refractivity contribution in [2.45, 2.75) is 51.6 Å². The number of Topliss-reactive ketones (excluding diaryl/α,β-unsaturated/α-hetero) is 1. The third kappa shape index (κ3) is 2.61. The van der Waals surface area contributed by atoms with E-state index >= 15 is 0 Å². The number of carbonyl (C=O) groups is 1. The van der Waals surface area contributed by atoms with Crippen LogP contribution in [0, 0.1) is 6.92 Å². The van der Waals surface area contributed by atoms with E-state index in [9.17, 15) is 4.79 Å². The molecule has 0 bridgehead atoms. The molecule has 1 aromatic rings. The highest BCUT2D eigenvalue weighted by Gasteiger charge is 2.40. The van der Waals surface area contributed by atoms with Crippen LogP contribution in [-0.4, -0.2) is 18.0 Å². The minimum atomic E-state index is -0.527. The zero-order valence-electron chi connectivity index (χ0n) is 10.6. The van der Waals surface area contributed by atoms with Crippen LogP contribution in [0.15, 0.2) is 11.4 Å². The van der Waals surface area contributed by atoms with Crippen molar-refractivity contribution in [2.24, 2.45) is 0 Å². The summed E-state index contributed by atoms with van der Waals surface area (Å²) < 4.78 is 5.85. The van der Waals surface area contributed by atoms with Crippen molar-refractivity contribution >= 4 is 17.1 Å². The van der Waals surface area contributed by atoms with Gasteiger partial charge in [-0.1, -0.05) is 19.3 Å². The van der Waals surface area contributed by atoms with E-state index in [1.54, 1.807) is 11.3 Å². The average molecular weight is 252 g/mol. The molecule has 3 heteroatoms. The highest BCUT2D eigenvalue weighted by Crippen LogP contribution is 2.35. The number of ether oxygens (including phenoxy) is 1. The lowest BCUT2D eigenvalue weighted by atomic mass is 9.79. The molecule has 94 valence electrons. The fourth-order valence-electron chi connectivity index (χ4n) is 2.66. The molecule has 0 radical (unpaired) electrons. The average Bonchev–Trinajstić information content (AvgIpc) is 2.76. The Balaban J connectivity index is 2.23. The molecule has 1 saturated carbocycles. The zero-order valence-corrected chi connectivity index (χ0v) is 11.4. The summed E-state index contributed by atoms with van der Waals surface area (Å²) in [7, 11) is 0. The van der Waals surface area contributed by atoms with Gasteiger partial charge in [-0.25, -0.2) is 0 Å². The summed E-state index contributed by atoms with van der Waals surface area (Å²) in [4.78, 5) is 13.8. The first kappa shape index (κ1) is 12.8. The molecular formula is C14H20O2S. The Labute approximate surface area is 107 Å². The van der Waals surface area contributed by atoms with E-state index in [1.165, 1.54) is 11.3 Å². The first-order valence-corrected chi connectivity index (χ1v) is 7.30. The van der Waals surface area contributed by atoms with Gasteiger partial charge < -0.3 is 4.74 Å². The highest BCUT2D eigenvalue weighted by molar-refractivity contribution is 7.10. The number of hydrogen-bond donors (Lipinski definition) is 0. The Morgan fingerprint density at radius 1 is 1.41 bits per heavy atom. The van der Waals surface area contributed by atoms with E-state index in [4.69, 9.17) is 4.74 Å². The lowest BCUT2D eigenvalue weighted by Gasteiger charge is -2.35. The van der Waals surface area contributed by atoms with Gasteiger partial charge in [0, 0.05) is 22.4 Å². The largest absolute Gasteiger partial charge is 0.367 e. The predicted octanol–water partition coefficient (Wildman–Crippen LogP) is 3.98. The molecule has 1 fully saturated rings. The first-order valence-electron chi connectivity index (χ1n) is 6.42. The molecule has 0 aliphatic heterocycles. The summed E-state index contributed by atoms with van der Waals surface area (Å²) in [5.41, 5.74) is 0.309. The molecule has 0 unspecified atom stereocenters. The summed E-state index contributed by atoms with van der Waals surface area (Å²) in [5, 5.41) is 1.97. The maximum atomic E-state index is 12.6. The molecular weight excluding hydrogens is 232 g/mol. The molecule has 2 rings (SSSR count). The van der Waals surface area contributed by atoms with Crippen molar-refractivity contribution in [3.8, 4) is 0 Å². The Morgan fingerprint density at radius 3 is 2.65 bits per heavy atom. The third-order valence-corrected chi connectivity index (χ3v) is 4.35. The normalized spacial score (nSPS) is 19.2.